The third kappa shape index (κ3) is 8.70. The number of rotatable bonds is 13. The molecule has 1 aliphatic heterocycles. The Hall–Kier alpha value is -4.03. The number of para-hydroxylation sites is 1. The number of ether oxygens (including phenoxy) is 1. The van der Waals surface area contributed by atoms with Gasteiger partial charge in [-0.05, 0) is 72.4 Å². The zero-order valence-corrected chi connectivity index (χ0v) is 32.9. The molecule has 1 saturated carbocycles. The van der Waals surface area contributed by atoms with Gasteiger partial charge in [0.2, 0.25) is 5.91 Å². The number of carbonyl (C=O) groups is 2. The van der Waals surface area contributed by atoms with Crippen LogP contribution in [0.15, 0.2) is 60.8 Å². The minimum absolute atomic E-state index is 0.00260. The van der Waals surface area contributed by atoms with Gasteiger partial charge in [0.15, 0.2) is 0 Å². The molecule has 0 spiro atoms. The van der Waals surface area contributed by atoms with E-state index in [1.165, 1.54) is 0 Å². The third-order valence-corrected chi connectivity index (χ3v) is 12.3. The van der Waals surface area contributed by atoms with Crippen LogP contribution >= 0.6 is 0 Å². The van der Waals surface area contributed by atoms with E-state index in [0.29, 0.717) is 36.1 Å². The summed E-state index contributed by atoms with van der Waals surface area (Å²) in [6.45, 7) is 13.9. The largest absolute Gasteiger partial charge is 0.496 e. The summed E-state index contributed by atoms with van der Waals surface area (Å²) < 4.78 is 6.08. The molecule has 1 aromatic heterocycles. The van der Waals surface area contributed by atoms with Crippen LogP contribution in [0.3, 0.4) is 0 Å². The number of nitrogens with two attached hydrogens (primary N) is 1. The number of aliphatic hydroxyl groups is 1. The average Bonchev–Trinajstić information content (AvgIpc) is 3.52. The summed E-state index contributed by atoms with van der Waals surface area (Å²) >= 11 is 0. The molecule has 0 radical (unpaired) electrons. The number of pyridine rings is 1. The fraction of sp³-hybridized carbons (Fsp3) is 0.548. The predicted octanol–water partition coefficient (Wildman–Crippen LogP) is 5.06. The van der Waals surface area contributed by atoms with Crippen LogP contribution in [-0.4, -0.2) is 85.6 Å². The smallest absolute Gasteiger partial charge is 0.251 e. The summed E-state index contributed by atoms with van der Waals surface area (Å²) in [6.07, 6.45) is 1.87. The van der Waals surface area contributed by atoms with Crippen molar-refractivity contribution in [2.45, 2.75) is 85.2 Å². The molecule has 0 bridgehead atoms. The maximum Gasteiger partial charge on any atom is 0.251 e. The van der Waals surface area contributed by atoms with Crippen LogP contribution in [-0.2, 0) is 22.6 Å². The highest BCUT2D eigenvalue weighted by atomic mass is 16.7. The molecule has 2 aromatic carbocycles. The molecule has 2 aliphatic rings. The molecule has 288 valence electrons. The number of aliphatic hydroxyl groups excluding tert-OH is 1. The number of anilines is 1. The van der Waals surface area contributed by atoms with Gasteiger partial charge in [0.25, 0.3) is 5.91 Å². The molecule has 5 N–H and O–H groups in total. The Kier molecular flexibility index (Phi) is 12.9. The number of nitrogens with one attached hydrogen (secondary N) is 2. The lowest BCUT2D eigenvalue weighted by Gasteiger charge is -2.50. The molecule has 3 aromatic rings. The zero-order valence-electron chi connectivity index (χ0n) is 32.9. The molecular formula is C42H60N6O5. The summed E-state index contributed by atoms with van der Waals surface area (Å²) in [7, 11) is 5.50. The van der Waals surface area contributed by atoms with Gasteiger partial charge in [-0.1, -0.05) is 58.9 Å². The lowest BCUT2D eigenvalue weighted by molar-refractivity contribution is -0.174. The van der Waals surface area contributed by atoms with Crippen molar-refractivity contribution < 1.29 is 24.3 Å². The van der Waals surface area contributed by atoms with E-state index in [2.05, 4.69) is 50.2 Å². The number of nitrogens with zero attached hydrogens (tertiary/aromatic N) is 3. The van der Waals surface area contributed by atoms with Crippen LogP contribution < -0.4 is 26.0 Å². The number of aromatic nitrogens is 1. The molecular weight excluding hydrogens is 668 g/mol. The maximum absolute atomic E-state index is 14.3. The first-order valence-corrected chi connectivity index (χ1v) is 19.0. The molecule has 11 nitrogen and oxygen atoms in total. The van der Waals surface area contributed by atoms with Crippen LogP contribution in [0.2, 0.25) is 0 Å². The Morgan fingerprint density at radius 3 is 2.53 bits per heavy atom. The lowest BCUT2D eigenvalue weighted by Crippen LogP contribution is -2.56. The first-order chi connectivity index (χ1) is 25.2. The highest BCUT2D eigenvalue weighted by Crippen LogP contribution is 2.47. The van der Waals surface area contributed by atoms with E-state index in [1.54, 1.807) is 25.3 Å². The summed E-state index contributed by atoms with van der Waals surface area (Å²) in [6, 6.07) is 16.6. The second-order valence-electron chi connectivity index (χ2n) is 15.9. The number of methoxy groups -OCH3 is 1. The molecule has 2 amide bonds. The Labute approximate surface area is 315 Å². The van der Waals surface area contributed by atoms with Crippen molar-refractivity contribution in [3.63, 3.8) is 0 Å². The monoisotopic (exact) mass is 728 g/mol. The van der Waals surface area contributed by atoms with Gasteiger partial charge in [0, 0.05) is 79.8 Å². The molecule has 1 aliphatic carbocycles. The molecule has 2 fully saturated rings. The third-order valence-electron chi connectivity index (χ3n) is 12.3. The quantitative estimate of drug-likeness (QED) is 0.190. The van der Waals surface area contributed by atoms with Crippen molar-refractivity contribution in [2.75, 3.05) is 39.2 Å². The molecule has 11 heteroatoms. The van der Waals surface area contributed by atoms with E-state index < -0.39 is 24.2 Å². The number of carbonyl (C=O) groups excluding carboxylic acids is 2. The van der Waals surface area contributed by atoms with Crippen LogP contribution in [0.25, 0.3) is 11.1 Å². The van der Waals surface area contributed by atoms with Crippen molar-refractivity contribution in [3.05, 3.63) is 77.6 Å². The van der Waals surface area contributed by atoms with Gasteiger partial charge in [-0.25, -0.2) is 0 Å². The van der Waals surface area contributed by atoms with Crippen LogP contribution in [0, 0.1) is 29.1 Å². The SMILES string of the molecule is COc1c(CN2O[C@@H](CN)[C@@H]([C@H](C)O)[C@H]2C(=O)N[C@H]2C[C@@H](C)C(C)(C)[C@@H](C)[C@@H]2C)cccc1-c1cc(C(=O)NCCc2ccccn2)cc(N(C)C)c1. The Bertz CT molecular complexity index is 1720. The van der Waals surface area contributed by atoms with Crippen LogP contribution in [0.5, 0.6) is 5.75 Å². The molecule has 1 saturated heterocycles. The Morgan fingerprint density at radius 1 is 1.13 bits per heavy atom. The van der Waals surface area contributed by atoms with Crippen molar-refractivity contribution in [3.8, 4) is 16.9 Å². The maximum atomic E-state index is 14.3. The van der Waals surface area contributed by atoms with E-state index >= 15 is 0 Å². The molecule has 2 heterocycles. The Balaban J connectivity index is 1.43. The minimum atomic E-state index is -0.833. The van der Waals surface area contributed by atoms with Crippen LogP contribution in [0.4, 0.5) is 5.69 Å². The minimum Gasteiger partial charge on any atom is -0.496 e. The summed E-state index contributed by atoms with van der Waals surface area (Å²) in [5.41, 5.74) is 11.0. The summed E-state index contributed by atoms with van der Waals surface area (Å²) in [4.78, 5) is 40.5. The topological polar surface area (TPSA) is 142 Å². The standard InChI is InChI=1S/C42H60N6O5/c1-25-19-35(26(2)27(3)42(25,5)6)46-41(51)38-37(28(4)49)36(23-43)53-48(38)24-29-13-12-15-34(39(29)52-9)30-20-31(22-33(21-30)47(7)8)40(50)45-18-16-32-14-10-11-17-44-32/h10-15,17,20-22,25-28,35-38,49H,16,18-19,23-24,43H2,1-9H3,(H,45,50)(H,46,51)/t25-,26+,27+,28+,35+,36+,37-,38+/m1/s1. The van der Waals surface area contributed by atoms with E-state index in [4.69, 9.17) is 15.3 Å². The second-order valence-corrected chi connectivity index (χ2v) is 15.9. The van der Waals surface area contributed by atoms with Gasteiger partial charge in [-0.15, -0.1) is 0 Å². The second kappa shape index (κ2) is 17.0. The van der Waals surface area contributed by atoms with Gasteiger partial charge in [0.05, 0.1) is 25.9 Å². The van der Waals surface area contributed by atoms with Crippen molar-refractivity contribution >= 4 is 17.5 Å². The predicted molar refractivity (Wildman–Crippen MR) is 209 cm³/mol. The normalized spacial score (nSPS) is 26.1. The number of amides is 2. The molecule has 5 rings (SSSR count). The number of hydroxylamine groups is 2. The Morgan fingerprint density at radius 2 is 1.89 bits per heavy atom. The molecule has 53 heavy (non-hydrogen) atoms. The first kappa shape index (κ1) is 40.2. The lowest BCUT2D eigenvalue weighted by atomic mass is 9.58. The average molecular weight is 729 g/mol. The zero-order chi connectivity index (χ0) is 38.6. The van der Waals surface area contributed by atoms with E-state index in [9.17, 15) is 14.7 Å². The highest BCUT2D eigenvalue weighted by molar-refractivity contribution is 5.97. The number of hydrogen-bond acceptors (Lipinski definition) is 9. The van der Waals surface area contributed by atoms with Gasteiger partial charge >= 0.3 is 0 Å². The number of benzene rings is 2. The van der Waals surface area contributed by atoms with Crippen molar-refractivity contribution in [1.82, 2.24) is 20.7 Å². The first-order valence-electron chi connectivity index (χ1n) is 19.0. The fourth-order valence-electron chi connectivity index (χ4n) is 8.21. The van der Waals surface area contributed by atoms with Gasteiger partial charge in [-0.2, -0.15) is 5.06 Å². The van der Waals surface area contributed by atoms with Gasteiger partial charge in [-0.3, -0.25) is 19.4 Å². The molecule has 8 atom stereocenters. The van der Waals surface area contributed by atoms with Gasteiger partial charge < -0.3 is 31.1 Å². The van der Waals surface area contributed by atoms with E-state index in [1.807, 2.05) is 73.6 Å². The van der Waals surface area contributed by atoms with E-state index in [0.717, 1.165) is 34.5 Å². The highest BCUT2D eigenvalue weighted by Gasteiger charge is 2.51. The van der Waals surface area contributed by atoms with Crippen molar-refractivity contribution in [2.24, 2.45) is 34.8 Å². The van der Waals surface area contributed by atoms with Crippen molar-refractivity contribution in [1.29, 1.82) is 0 Å². The fourth-order valence-corrected chi connectivity index (χ4v) is 8.21. The summed E-state index contributed by atoms with van der Waals surface area (Å²) in [5.74, 6) is 0.827. The molecule has 0 unspecified atom stereocenters. The van der Waals surface area contributed by atoms with Crippen LogP contribution in [0.1, 0.15) is 69.6 Å². The van der Waals surface area contributed by atoms with Gasteiger partial charge in [0.1, 0.15) is 11.8 Å². The summed E-state index contributed by atoms with van der Waals surface area (Å²) in [5, 5.41) is 19.1. The number of hydrogen-bond donors (Lipinski definition) is 4. The van der Waals surface area contributed by atoms with E-state index in [-0.39, 0.29) is 42.3 Å².